The highest BCUT2D eigenvalue weighted by Gasteiger charge is 2.50. The maximum atomic E-state index is 11.5. The van der Waals surface area contributed by atoms with Crippen LogP contribution in [-0.4, -0.2) is 23.9 Å². The number of rotatable bonds is 2. The van der Waals surface area contributed by atoms with Crippen LogP contribution in [0.3, 0.4) is 0 Å². The number of aliphatic hydroxyl groups is 1. The van der Waals surface area contributed by atoms with E-state index in [1.165, 1.54) is 19.9 Å². The minimum Gasteiger partial charge on any atom is -0.388 e. The second kappa shape index (κ2) is 3.18. The molecule has 1 atom stereocenters. The molecule has 1 aliphatic rings. The Kier molecular flexibility index (Phi) is 2.60. The standard InChI is InChI=1S/C9H15NO3S/c1-8(2,11)9(14(10,12)13)6-4-3-5-7-9/h3-6,11H,7H2,1-2H3,(H2,10,12,13). The Morgan fingerprint density at radius 2 is 2.00 bits per heavy atom. The highest BCUT2D eigenvalue weighted by molar-refractivity contribution is 7.90. The third-order valence-electron chi connectivity index (χ3n) is 2.58. The molecule has 3 N–H and O–H groups in total. The van der Waals surface area contributed by atoms with Crippen LogP contribution in [-0.2, 0) is 10.0 Å². The molecular formula is C9H15NO3S. The molecule has 4 nitrogen and oxygen atoms in total. The summed E-state index contributed by atoms with van der Waals surface area (Å²) in [5.74, 6) is 0. The van der Waals surface area contributed by atoms with E-state index >= 15 is 0 Å². The smallest absolute Gasteiger partial charge is 0.221 e. The van der Waals surface area contributed by atoms with Crippen LogP contribution in [0.15, 0.2) is 24.3 Å². The predicted octanol–water partition coefficient (Wildman–Crippen LogP) is 0.301. The van der Waals surface area contributed by atoms with E-state index in [2.05, 4.69) is 0 Å². The highest BCUT2D eigenvalue weighted by Crippen LogP contribution is 2.35. The molecule has 0 heterocycles. The molecule has 0 fully saturated rings. The van der Waals surface area contributed by atoms with Crippen LogP contribution in [0.25, 0.3) is 0 Å². The van der Waals surface area contributed by atoms with Gasteiger partial charge in [-0.1, -0.05) is 24.3 Å². The molecule has 0 bridgehead atoms. The summed E-state index contributed by atoms with van der Waals surface area (Å²) in [7, 11) is -3.83. The molecule has 0 radical (unpaired) electrons. The summed E-state index contributed by atoms with van der Waals surface area (Å²) in [4.78, 5) is 0. The minimum atomic E-state index is -3.83. The van der Waals surface area contributed by atoms with Gasteiger partial charge in [-0.25, -0.2) is 13.6 Å². The lowest BCUT2D eigenvalue weighted by molar-refractivity contribution is 0.0498. The van der Waals surface area contributed by atoms with Crippen molar-refractivity contribution in [2.45, 2.75) is 30.6 Å². The third kappa shape index (κ3) is 1.63. The zero-order chi connectivity index (χ0) is 11.0. The Labute approximate surface area is 84.2 Å². The molecule has 1 rings (SSSR count). The number of sulfonamides is 1. The molecule has 0 spiro atoms. The molecule has 0 aliphatic heterocycles. The first kappa shape index (κ1) is 11.4. The normalized spacial score (nSPS) is 28.0. The fraction of sp³-hybridized carbons (Fsp3) is 0.556. The monoisotopic (exact) mass is 217 g/mol. The van der Waals surface area contributed by atoms with Gasteiger partial charge in [-0.3, -0.25) is 0 Å². The SMILES string of the molecule is CC(C)(O)C1(S(N)(=O)=O)C=CC=CC1. The van der Waals surface area contributed by atoms with Crippen LogP contribution in [0, 0.1) is 0 Å². The number of primary sulfonamides is 1. The van der Waals surface area contributed by atoms with Gasteiger partial charge in [-0.2, -0.15) is 0 Å². The van der Waals surface area contributed by atoms with Crippen molar-refractivity contribution >= 4 is 10.0 Å². The Hall–Kier alpha value is -0.650. The molecule has 80 valence electrons. The lowest BCUT2D eigenvalue weighted by Gasteiger charge is -2.39. The lowest BCUT2D eigenvalue weighted by atomic mass is 9.84. The molecule has 0 saturated carbocycles. The van der Waals surface area contributed by atoms with Gasteiger partial charge in [0, 0.05) is 0 Å². The molecule has 0 aromatic heterocycles. The van der Waals surface area contributed by atoms with Crippen molar-refractivity contribution in [3.05, 3.63) is 24.3 Å². The summed E-state index contributed by atoms with van der Waals surface area (Å²) in [5, 5.41) is 15.0. The molecule has 0 amide bonds. The van der Waals surface area contributed by atoms with Crippen molar-refractivity contribution in [1.29, 1.82) is 0 Å². The van der Waals surface area contributed by atoms with Gasteiger partial charge in [0.05, 0.1) is 5.60 Å². The van der Waals surface area contributed by atoms with Gasteiger partial charge in [-0.05, 0) is 20.3 Å². The Bertz CT molecular complexity index is 375. The molecule has 1 aliphatic carbocycles. The van der Waals surface area contributed by atoms with Crippen molar-refractivity contribution in [1.82, 2.24) is 0 Å². The van der Waals surface area contributed by atoms with E-state index in [1.807, 2.05) is 0 Å². The van der Waals surface area contributed by atoms with Crippen molar-refractivity contribution in [2.24, 2.45) is 5.14 Å². The van der Waals surface area contributed by atoms with E-state index in [0.29, 0.717) is 0 Å². The average molecular weight is 217 g/mol. The second-order valence-corrected chi connectivity index (χ2v) is 5.80. The number of nitrogens with two attached hydrogens (primary N) is 1. The van der Waals surface area contributed by atoms with Crippen LogP contribution >= 0.6 is 0 Å². The van der Waals surface area contributed by atoms with Gasteiger partial charge >= 0.3 is 0 Å². The maximum Gasteiger partial charge on any atom is 0.221 e. The summed E-state index contributed by atoms with van der Waals surface area (Å²) < 4.78 is 21.6. The minimum absolute atomic E-state index is 0.200. The zero-order valence-corrected chi connectivity index (χ0v) is 9.08. The molecule has 0 aromatic carbocycles. The van der Waals surface area contributed by atoms with Crippen LogP contribution in [0.1, 0.15) is 20.3 Å². The van der Waals surface area contributed by atoms with Crippen LogP contribution in [0.4, 0.5) is 0 Å². The quantitative estimate of drug-likeness (QED) is 0.698. The lowest BCUT2D eigenvalue weighted by Crippen LogP contribution is -2.57. The van der Waals surface area contributed by atoms with E-state index in [9.17, 15) is 13.5 Å². The fourth-order valence-corrected chi connectivity index (χ4v) is 2.91. The van der Waals surface area contributed by atoms with Crippen LogP contribution < -0.4 is 5.14 Å². The number of hydrogen-bond acceptors (Lipinski definition) is 3. The van der Waals surface area contributed by atoms with Crippen molar-refractivity contribution in [3.63, 3.8) is 0 Å². The van der Waals surface area contributed by atoms with Gasteiger partial charge in [0.2, 0.25) is 10.0 Å². The van der Waals surface area contributed by atoms with Gasteiger partial charge in [0.1, 0.15) is 4.75 Å². The Morgan fingerprint density at radius 3 is 2.21 bits per heavy atom. The van der Waals surface area contributed by atoms with E-state index in [4.69, 9.17) is 5.14 Å². The molecule has 0 saturated heterocycles. The van der Waals surface area contributed by atoms with Gasteiger partial charge in [0.15, 0.2) is 0 Å². The molecule has 0 aromatic rings. The summed E-state index contributed by atoms with van der Waals surface area (Å²) in [6.45, 7) is 2.89. The number of allylic oxidation sites excluding steroid dienone is 3. The van der Waals surface area contributed by atoms with Gasteiger partial charge < -0.3 is 5.11 Å². The van der Waals surface area contributed by atoms with Gasteiger partial charge in [0.25, 0.3) is 0 Å². The van der Waals surface area contributed by atoms with E-state index in [1.54, 1.807) is 18.2 Å². The summed E-state index contributed by atoms with van der Waals surface area (Å²) in [6, 6.07) is 0. The highest BCUT2D eigenvalue weighted by atomic mass is 32.2. The summed E-state index contributed by atoms with van der Waals surface area (Å²) in [6.07, 6.45) is 6.65. The molecular weight excluding hydrogens is 202 g/mol. The molecule has 5 heteroatoms. The summed E-state index contributed by atoms with van der Waals surface area (Å²) in [5.41, 5.74) is -1.40. The third-order valence-corrected chi connectivity index (χ3v) is 4.39. The van der Waals surface area contributed by atoms with Crippen molar-refractivity contribution in [3.8, 4) is 0 Å². The first-order valence-electron chi connectivity index (χ1n) is 4.30. The van der Waals surface area contributed by atoms with E-state index in [-0.39, 0.29) is 6.42 Å². The van der Waals surface area contributed by atoms with E-state index < -0.39 is 20.4 Å². The first-order valence-corrected chi connectivity index (χ1v) is 5.84. The maximum absolute atomic E-state index is 11.5. The van der Waals surface area contributed by atoms with E-state index in [0.717, 1.165) is 0 Å². The topological polar surface area (TPSA) is 80.4 Å². The predicted molar refractivity (Wildman–Crippen MR) is 55.0 cm³/mol. The zero-order valence-electron chi connectivity index (χ0n) is 8.27. The van der Waals surface area contributed by atoms with Gasteiger partial charge in [-0.15, -0.1) is 0 Å². The Balaban J connectivity index is 3.32. The Morgan fingerprint density at radius 1 is 1.43 bits per heavy atom. The summed E-state index contributed by atoms with van der Waals surface area (Å²) >= 11 is 0. The number of hydrogen-bond donors (Lipinski definition) is 2. The molecule has 1 unspecified atom stereocenters. The van der Waals surface area contributed by atoms with Crippen LogP contribution in [0.2, 0.25) is 0 Å². The molecule has 14 heavy (non-hydrogen) atoms. The largest absolute Gasteiger partial charge is 0.388 e. The van der Waals surface area contributed by atoms with Crippen LogP contribution in [0.5, 0.6) is 0 Å². The van der Waals surface area contributed by atoms with Crippen molar-refractivity contribution in [2.75, 3.05) is 0 Å². The first-order chi connectivity index (χ1) is 6.21. The van der Waals surface area contributed by atoms with Crippen molar-refractivity contribution < 1.29 is 13.5 Å². The average Bonchev–Trinajstić information content (AvgIpc) is 2.02. The second-order valence-electron chi connectivity index (χ2n) is 3.98. The fourth-order valence-electron chi connectivity index (χ4n) is 1.61.